The number of hydrogen-bond donors (Lipinski definition) is 2. The molecule has 158 valence electrons. The number of halogens is 1. The van der Waals surface area contributed by atoms with Crippen molar-refractivity contribution >= 4 is 23.2 Å². The SMILES string of the molecule is CCNC(=NCCc1c(C)noc1C)NC1CCN(c2cc(Cl)ccc2OC)C1. The van der Waals surface area contributed by atoms with Crippen molar-refractivity contribution in [2.24, 2.45) is 4.99 Å². The summed E-state index contributed by atoms with van der Waals surface area (Å²) in [7, 11) is 1.69. The Bertz CT molecular complexity index is 832. The molecule has 1 aromatic carbocycles. The molecule has 0 radical (unpaired) electrons. The highest BCUT2D eigenvalue weighted by Gasteiger charge is 2.25. The molecule has 1 atom stereocenters. The van der Waals surface area contributed by atoms with Crippen LogP contribution in [0.4, 0.5) is 5.69 Å². The molecule has 3 rings (SSSR count). The zero-order valence-corrected chi connectivity index (χ0v) is 18.3. The summed E-state index contributed by atoms with van der Waals surface area (Å²) in [6, 6.07) is 6.03. The molecule has 0 saturated carbocycles. The highest BCUT2D eigenvalue weighted by atomic mass is 35.5. The molecule has 7 nitrogen and oxygen atoms in total. The summed E-state index contributed by atoms with van der Waals surface area (Å²) >= 11 is 6.20. The molecular formula is C21H30ClN5O2. The lowest BCUT2D eigenvalue weighted by Crippen LogP contribution is -2.44. The Morgan fingerprint density at radius 2 is 2.24 bits per heavy atom. The summed E-state index contributed by atoms with van der Waals surface area (Å²) in [5, 5.41) is 11.6. The topological polar surface area (TPSA) is 74.9 Å². The second-order valence-electron chi connectivity index (χ2n) is 7.21. The molecule has 1 fully saturated rings. The highest BCUT2D eigenvalue weighted by molar-refractivity contribution is 6.30. The van der Waals surface area contributed by atoms with Crippen LogP contribution in [0.15, 0.2) is 27.7 Å². The number of aliphatic imine (C=N–C) groups is 1. The average molecular weight is 420 g/mol. The second-order valence-corrected chi connectivity index (χ2v) is 7.64. The summed E-state index contributed by atoms with van der Waals surface area (Å²) < 4.78 is 10.7. The van der Waals surface area contributed by atoms with Crippen LogP contribution in [0.5, 0.6) is 5.75 Å². The zero-order chi connectivity index (χ0) is 20.8. The fourth-order valence-electron chi connectivity index (χ4n) is 3.66. The number of rotatable bonds is 7. The molecule has 1 aliphatic rings. The minimum atomic E-state index is 0.301. The van der Waals surface area contributed by atoms with Gasteiger partial charge >= 0.3 is 0 Å². The maximum absolute atomic E-state index is 6.20. The van der Waals surface area contributed by atoms with Crippen LogP contribution in [0.2, 0.25) is 5.02 Å². The van der Waals surface area contributed by atoms with Crippen LogP contribution >= 0.6 is 11.6 Å². The van der Waals surface area contributed by atoms with Gasteiger partial charge in [0.1, 0.15) is 11.5 Å². The molecule has 1 saturated heterocycles. The number of benzene rings is 1. The summed E-state index contributed by atoms with van der Waals surface area (Å²) in [5.41, 5.74) is 3.12. The van der Waals surface area contributed by atoms with E-state index in [9.17, 15) is 0 Å². The largest absolute Gasteiger partial charge is 0.495 e. The standard InChI is InChI=1S/C21H30ClN5O2/c1-5-23-21(24-10-8-18-14(2)26-29-15(18)3)25-17-9-11-27(13-17)19-12-16(22)6-7-20(19)28-4/h6-7,12,17H,5,8-11,13H2,1-4H3,(H2,23,24,25). The number of nitrogens with one attached hydrogen (secondary N) is 2. The van der Waals surface area contributed by atoms with Crippen molar-refractivity contribution < 1.29 is 9.26 Å². The Balaban J connectivity index is 1.60. The molecule has 1 aromatic heterocycles. The van der Waals surface area contributed by atoms with E-state index < -0.39 is 0 Å². The van der Waals surface area contributed by atoms with Crippen LogP contribution in [0.3, 0.4) is 0 Å². The Kier molecular flexibility index (Phi) is 7.25. The Labute approximate surface area is 177 Å². The van der Waals surface area contributed by atoms with Gasteiger partial charge < -0.3 is 24.8 Å². The van der Waals surface area contributed by atoms with E-state index in [1.165, 1.54) is 0 Å². The first-order valence-corrected chi connectivity index (χ1v) is 10.4. The van der Waals surface area contributed by atoms with Crippen LogP contribution in [0.1, 0.15) is 30.4 Å². The van der Waals surface area contributed by atoms with Gasteiger partial charge in [-0.1, -0.05) is 16.8 Å². The highest BCUT2D eigenvalue weighted by Crippen LogP contribution is 2.33. The molecule has 0 spiro atoms. The number of aromatic nitrogens is 1. The first kappa shape index (κ1) is 21.3. The molecule has 0 bridgehead atoms. The lowest BCUT2D eigenvalue weighted by atomic mass is 10.1. The van der Waals surface area contributed by atoms with Gasteiger partial charge in [-0.15, -0.1) is 0 Å². The predicted molar refractivity (Wildman–Crippen MR) is 117 cm³/mol. The minimum Gasteiger partial charge on any atom is -0.495 e. The van der Waals surface area contributed by atoms with Gasteiger partial charge in [-0.2, -0.15) is 0 Å². The van der Waals surface area contributed by atoms with Crippen LogP contribution in [0, 0.1) is 13.8 Å². The number of anilines is 1. The lowest BCUT2D eigenvalue weighted by molar-refractivity contribution is 0.392. The number of ether oxygens (including phenoxy) is 1. The van der Waals surface area contributed by atoms with E-state index in [0.29, 0.717) is 17.6 Å². The van der Waals surface area contributed by atoms with Crippen molar-refractivity contribution in [1.29, 1.82) is 0 Å². The average Bonchev–Trinajstić information content (AvgIpc) is 3.29. The van der Waals surface area contributed by atoms with Crippen molar-refractivity contribution in [1.82, 2.24) is 15.8 Å². The van der Waals surface area contributed by atoms with Crippen LogP contribution in [-0.2, 0) is 6.42 Å². The summed E-state index contributed by atoms with van der Waals surface area (Å²) in [6.07, 6.45) is 1.83. The molecular weight excluding hydrogens is 390 g/mol. The molecule has 1 aliphatic heterocycles. The van der Waals surface area contributed by atoms with Gasteiger partial charge in [0.2, 0.25) is 0 Å². The van der Waals surface area contributed by atoms with Crippen LogP contribution < -0.4 is 20.3 Å². The summed E-state index contributed by atoms with van der Waals surface area (Å²) in [6.45, 7) is 9.28. The molecule has 0 amide bonds. The third kappa shape index (κ3) is 5.35. The first-order chi connectivity index (χ1) is 14.0. The van der Waals surface area contributed by atoms with Crippen LogP contribution in [-0.4, -0.2) is 50.4 Å². The van der Waals surface area contributed by atoms with Gasteiger partial charge in [-0.05, 0) is 51.8 Å². The Morgan fingerprint density at radius 3 is 2.93 bits per heavy atom. The van der Waals surface area contributed by atoms with Gasteiger partial charge in [-0.3, -0.25) is 4.99 Å². The fraction of sp³-hybridized carbons (Fsp3) is 0.524. The van der Waals surface area contributed by atoms with E-state index >= 15 is 0 Å². The third-order valence-corrected chi connectivity index (χ3v) is 5.40. The third-order valence-electron chi connectivity index (χ3n) is 5.17. The summed E-state index contributed by atoms with van der Waals surface area (Å²) in [5.74, 6) is 2.55. The van der Waals surface area contributed by atoms with Crippen LogP contribution in [0.25, 0.3) is 0 Å². The number of methoxy groups -OCH3 is 1. The maximum Gasteiger partial charge on any atom is 0.191 e. The van der Waals surface area contributed by atoms with Crippen molar-refractivity contribution in [3.8, 4) is 5.75 Å². The maximum atomic E-state index is 6.20. The fourth-order valence-corrected chi connectivity index (χ4v) is 3.83. The van der Waals surface area contributed by atoms with Gasteiger partial charge in [0, 0.05) is 42.8 Å². The van der Waals surface area contributed by atoms with Crippen molar-refractivity contribution in [3.05, 3.63) is 40.2 Å². The molecule has 0 aliphatic carbocycles. The van der Waals surface area contributed by atoms with Crippen molar-refractivity contribution in [3.63, 3.8) is 0 Å². The molecule has 2 N–H and O–H groups in total. The van der Waals surface area contributed by atoms with E-state index in [0.717, 1.165) is 66.9 Å². The molecule has 8 heteroatoms. The normalized spacial score (nSPS) is 16.9. The Hall–Kier alpha value is -2.41. The van der Waals surface area contributed by atoms with Gasteiger partial charge in [-0.25, -0.2) is 0 Å². The van der Waals surface area contributed by atoms with Crippen molar-refractivity contribution in [2.45, 2.75) is 39.7 Å². The van der Waals surface area contributed by atoms with Gasteiger partial charge in [0.15, 0.2) is 5.96 Å². The number of hydrogen-bond acceptors (Lipinski definition) is 5. The van der Waals surface area contributed by atoms with Gasteiger partial charge in [0.05, 0.1) is 18.5 Å². The van der Waals surface area contributed by atoms with E-state index in [2.05, 4.69) is 27.6 Å². The smallest absolute Gasteiger partial charge is 0.191 e. The van der Waals surface area contributed by atoms with E-state index in [1.54, 1.807) is 7.11 Å². The summed E-state index contributed by atoms with van der Waals surface area (Å²) in [4.78, 5) is 7.04. The Morgan fingerprint density at radius 1 is 1.41 bits per heavy atom. The number of aryl methyl sites for hydroxylation is 2. The molecule has 2 aromatic rings. The number of nitrogens with zero attached hydrogens (tertiary/aromatic N) is 3. The van der Waals surface area contributed by atoms with E-state index in [4.69, 9.17) is 25.9 Å². The molecule has 2 heterocycles. The molecule has 1 unspecified atom stereocenters. The van der Waals surface area contributed by atoms with Crippen molar-refractivity contribution in [2.75, 3.05) is 38.2 Å². The quantitative estimate of drug-likeness (QED) is 0.529. The lowest BCUT2D eigenvalue weighted by Gasteiger charge is -2.22. The van der Waals surface area contributed by atoms with E-state index in [-0.39, 0.29) is 0 Å². The van der Waals surface area contributed by atoms with E-state index in [1.807, 2.05) is 32.0 Å². The molecule has 29 heavy (non-hydrogen) atoms. The minimum absolute atomic E-state index is 0.301. The predicted octanol–water partition coefficient (Wildman–Crippen LogP) is 3.33. The van der Waals surface area contributed by atoms with Gasteiger partial charge in [0.25, 0.3) is 0 Å². The number of guanidine groups is 1. The monoisotopic (exact) mass is 419 g/mol. The second kappa shape index (κ2) is 9.87. The zero-order valence-electron chi connectivity index (χ0n) is 17.6. The first-order valence-electron chi connectivity index (χ1n) is 10.1.